The molecule has 1 unspecified atom stereocenters. The molecule has 7 heteroatoms. The Morgan fingerprint density at radius 3 is 2.90 bits per heavy atom. The second-order valence-electron chi connectivity index (χ2n) is 5.45. The topological polar surface area (TPSA) is 70.2 Å². The largest absolute Gasteiger partial charge is 0.361 e. The molecule has 1 N–H and O–H groups in total. The van der Waals surface area contributed by atoms with Gasteiger partial charge in [-0.2, -0.15) is 8.42 Å². The van der Waals surface area contributed by atoms with Crippen LogP contribution in [0.1, 0.15) is 12.0 Å². The van der Waals surface area contributed by atoms with Crippen LogP contribution in [0.15, 0.2) is 30.5 Å². The first kappa shape index (κ1) is 14.1. The summed E-state index contributed by atoms with van der Waals surface area (Å²) in [7, 11) is -4.53. The van der Waals surface area contributed by atoms with Crippen LogP contribution in [0.3, 0.4) is 0 Å². The number of carbonyl (C=O) groups excluding carboxylic acids is 1. The minimum Gasteiger partial charge on any atom is -0.361 e. The number of hydrogen-bond acceptors (Lipinski definition) is 3. The second kappa shape index (κ2) is 5.14. The van der Waals surface area contributed by atoms with E-state index >= 15 is 0 Å². The predicted octanol–water partition coefficient (Wildman–Crippen LogP) is 1.82. The van der Waals surface area contributed by atoms with E-state index in [0.29, 0.717) is 6.54 Å². The van der Waals surface area contributed by atoms with E-state index in [2.05, 4.69) is 4.98 Å². The van der Waals surface area contributed by atoms with E-state index in [0.717, 1.165) is 16.5 Å². The van der Waals surface area contributed by atoms with Crippen molar-refractivity contribution in [2.24, 2.45) is 5.92 Å². The third-order valence-corrected chi connectivity index (χ3v) is 4.59. The van der Waals surface area contributed by atoms with E-state index in [-0.39, 0.29) is 18.9 Å². The molecule has 1 fully saturated rings. The molecule has 21 heavy (non-hydrogen) atoms. The number of rotatable bonds is 4. The van der Waals surface area contributed by atoms with Crippen molar-refractivity contribution in [3.63, 3.8) is 0 Å². The molecular weight excluding hydrogens is 295 g/mol. The molecule has 0 spiro atoms. The molecule has 112 valence electrons. The molecule has 0 aliphatic carbocycles. The van der Waals surface area contributed by atoms with E-state index in [4.69, 9.17) is 0 Å². The Morgan fingerprint density at radius 1 is 1.33 bits per heavy atom. The first-order valence-corrected chi connectivity index (χ1v) is 8.22. The van der Waals surface area contributed by atoms with Gasteiger partial charge in [0.25, 0.3) is 0 Å². The maximum absolute atomic E-state index is 12.7. The van der Waals surface area contributed by atoms with Crippen LogP contribution < -0.4 is 0 Å². The van der Waals surface area contributed by atoms with Gasteiger partial charge in [0.2, 0.25) is 5.91 Å². The van der Waals surface area contributed by atoms with Crippen molar-refractivity contribution in [1.29, 1.82) is 0 Å². The van der Waals surface area contributed by atoms with Crippen LogP contribution in [-0.2, 0) is 21.6 Å². The Labute approximate surface area is 122 Å². The molecule has 1 amide bonds. The molecular formula is C14H15FN2O3S. The predicted molar refractivity (Wildman–Crippen MR) is 76.7 cm³/mol. The number of likely N-dealkylation sites (tertiary alicyclic amines) is 1. The Bertz CT molecular complexity index is 784. The summed E-state index contributed by atoms with van der Waals surface area (Å²) >= 11 is 0. The van der Waals surface area contributed by atoms with Gasteiger partial charge in [-0.1, -0.05) is 6.07 Å². The molecule has 1 saturated heterocycles. The molecule has 0 bridgehead atoms. The molecule has 3 rings (SSSR count). The van der Waals surface area contributed by atoms with Crippen molar-refractivity contribution < 1.29 is 17.1 Å². The van der Waals surface area contributed by atoms with Gasteiger partial charge < -0.3 is 9.88 Å². The van der Waals surface area contributed by atoms with Crippen molar-refractivity contribution in [3.8, 4) is 0 Å². The smallest absolute Gasteiger partial charge is 0.302 e. The summed E-state index contributed by atoms with van der Waals surface area (Å²) in [5, 5.41) is 1.06. The van der Waals surface area contributed by atoms with Crippen LogP contribution >= 0.6 is 0 Å². The zero-order valence-electron chi connectivity index (χ0n) is 11.3. The highest BCUT2D eigenvalue weighted by Gasteiger charge is 2.32. The lowest BCUT2D eigenvalue weighted by atomic mass is 10.1. The number of carbonyl (C=O) groups is 1. The second-order valence-corrected chi connectivity index (χ2v) is 6.86. The lowest BCUT2D eigenvalue weighted by molar-refractivity contribution is -0.128. The number of aromatic nitrogens is 1. The highest BCUT2D eigenvalue weighted by molar-refractivity contribution is 7.86. The fourth-order valence-corrected chi connectivity index (χ4v) is 3.61. The number of nitrogens with zero attached hydrogens (tertiary/aromatic N) is 1. The zero-order chi connectivity index (χ0) is 15.0. The standard InChI is InChI=1S/C14H15FN2O3S/c15-21(19,20)9-11-6-14(18)17(8-11)7-10-1-2-13-12(5-10)3-4-16-13/h1-5,11,16H,6-9H2. The lowest BCUT2D eigenvalue weighted by Gasteiger charge is -2.16. The molecule has 0 saturated carbocycles. The number of fused-ring (bicyclic) bond motifs is 1. The average Bonchev–Trinajstić information content (AvgIpc) is 2.94. The van der Waals surface area contributed by atoms with Crippen molar-refractivity contribution in [2.75, 3.05) is 12.3 Å². The normalized spacial score (nSPS) is 19.6. The summed E-state index contributed by atoms with van der Waals surface area (Å²) in [6, 6.07) is 7.79. The van der Waals surface area contributed by atoms with Gasteiger partial charge in [0, 0.05) is 37.1 Å². The molecule has 2 heterocycles. The Hall–Kier alpha value is -1.89. The van der Waals surface area contributed by atoms with Crippen LogP contribution in [0.2, 0.25) is 0 Å². The van der Waals surface area contributed by atoms with Gasteiger partial charge in [-0.05, 0) is 29.1 Å². The van der Waals surface area contributed by atoms with Crippen molar-refractivity contribution in [3.05, 3.63) is 36.0 Å². The SMILES string of the molecule is O=C1CC(CS(=O)(=O)F)CN1Cc1ccc2[nH]ccc2c1. The van der Waals surface area contributed by atoms with Gasteiger partial charge in [0.1, 0.15) is 0 Å². The summed E-state index contributed by atoms with van der Waals surface area (Å²) in [5.74, 6) is -1.16. The minimum absolute atomic E-state index is 0.0928. The summed E-state index contributed by atoms with van der Waals surface area (Å²) in [6.07, 6.45) is 1.94. The molecule has 5 nitrogen and oxygen atoms in total. The van der Waals surface area contributed by atoms with Crippen LogP contribution in [0.25, 0.3) is 10.9 Å². The zero-order valence-corrected chi connectivity index (χ0v) is 12.1. The lowest BCUT2D eigenvalue weighted by Crippen LogP contribution is -2.25. The van der Waals surface area contributed by atoms with E-state index in [9.17, 15) is 17.1 Å². The summed E-state index contributed by atoms with van der Waals surface area (Å²) < 4.78 is 34.1. The maximum atomic E-state index is 12.7. The monoisotopic (exact) mass is 310 g/mol. The van der Waals surface area contributed by atoms with Gasteiger partial charge in [-0.3, -0.25) is 4.79 Å². The quantitative estimate of drug-likeness (QED) is 0.876. The Balaban J connectivity index is 1.71. The average molecular weight is 310 g/mol. The molecule has 1 aromatic carbocycles. The number of H-pyrrole nitrogens is 1. The number of aromatic amines is 1. The van der Waals surface area contributed by atoms with Crippen LogP contribution in [0, 0.1) is 5.92 Å². The summed E-state index contributed by atoms with van der Waals surface area (Å²) in [5.41, 5.74) is 1.99. The van der Waals surface area contributed by atoms with Gasteiger partial charge in [-0.25, -0.2) is 0 Å². The summed E-state index contributed by atoms with van der Waals surface area (Å²) in [6.45, 7) is 0.704. The van der Waals surface area contributed by atoms with Gasteiger partial charge >= 0.3 is 10.2 Å². The minimum atomic E-state index is -4.53. The van der Waals surface area contributed by atoms with Crippen molar-refractivity contribution >= 4 is 27.0 Å². The Morgan fingerprint density at radius 2 is 2.14 bits per heavy atom. The number of halogens is 1. The van der Waals surface area contributed by atoms with Crippen LogP contribution in [0.5, 0.6) is 0 Å². The molecule has 1 atom stereocenters. The molecule has 2 aromatic rings. The van der Waals surface area contributed by atoms with Crippen molar-refractivity contribution in [1.82, 2.24) is 9.88 Å². The van der Waals surface area contributed by atoms with Gasteiger partial charge in [0.05, 0.1) is 5.75 Å². The van der Waals surface area contributed by atoms with E-state index in [1.807, 2.05) is 30.5 Å². The third-order valence-electron chi connectivity index (χ3n) is 3.72. The van der Waals surface area contributed by atoms with E-state index in [1.165, 1.54) is 0 Å². The van der Waals surface area contributed by atoms with Crippen LogP contribution in [-0.4, -0.2) is 36.5 Å². The highest BCUT2D eigenvalue weighted by atomic mass is 32.3. The number of nitrogens with one attached hydrogen (secondary N) is 1. The number of hydrogen-bond donors (Lipinski definition) is 1. The fourth-order valence-electron chi connectivity index (χ4n) is 2.82. The molecule has 1 aromatic heterocycles. The molecule has 1 aliphatic rings. The highest BCUT2D eigenvalue weighted by Crippen LogP contribution is 2.23. The number of amides is 1. The van der Waals surface area contributed by atoms with Gasteiger partial charge in [0.15, 0.2) is 0 Å². The first-order valence-electron chi connectivity index (χ1n) is 6.67. The van der Waals surface area contributed by atoms with Gasteiger partial charge in [-0.15, -0.1) is 3.89 Å². The summed E-state index contributed by atoms with van der Waals surface area (Å²) in [4.78, 5) is 16.6. The number of benzene rings is 1. The molecule has 0 radical (unpaired) electrons. The Kier molecular flexibility index (Phi) is 3.44. The van der Waals surface area contributed by atoms with Crippen molar-refractivity contribution in [2.45, 2.75) is 13.0 Å². The molecule has 1 aliphatic heterocycles. The van der Waals surface area contributed by atoms with Crippen LogP contribution in [0.4, 0.5) is 3.89 Å². The fraction of sp³-hybridized carbons (Fsp3) is 0.357. The first-order chi connectivity index (χ1) is 9.90. The maximum Gasteiger partial charge on any atom is 0.302 e. The van der Waals surface area contributed by atoms with E-state index in [1.54, 1.807) is 4.90 Å². The third kappa shape index (κ3) is 3.24. The van der Waals surface area contributed by atoms with E-state index < -0.39 is 21.9 Å².